The van der Waals surface area contributed by atoms with Gasteiger partial charge in [-0.05, 0) is 35.8 Å². The van der Waals surface area contributed by atoms with Gasteiger partial charge in [0.25, 0.3) is 0 Å². The van der Waals surface area contributed by atoms with Crippen molar-refractivity contribution in [3.63, 3.8) is 0 Å². The van der Waals surface area contributed by atoms with Gasteiger partial charge < -0.3 is 5.32 Å². The summed E-state index contributed by atoms with van der Waals surface area (Å²) in [5, 5.41) is 3.36. The molecule has 136 valence electrons. The Hall–Kier alpha value is -3.65. The maximum absolute atomic E-state index is 13.5. The quantitative estimate of drug-likeness (QED) is 0.566. The molecule has 4 rings (SSSR count). The largest absolute Gasteiger partial charge is 0.359 e. The number of rotatable bonds is 4. The van der Waals surface area contributed by atoms with E-state index >= 15 is 0 Å². The zero-order valence-electron chi connectivity index (χ0n) is 15.8. The molecule has 0 saturated carbocycles. The fraction of sp³-hybridized carbons (Fsp3) is 0.0385. The molecule has 0 saturated heterocycles. The van der Waals surface area contributed by atoms with Crippen LogP contribution in [0.4, 0.5) is 5.69 Å². The summed E-state index contributed by atoms with van der Waals surface area (Å²) in [7, 11) is 0. The first kappa shape index (κ1) is 17.7. The third-order valence-corrected chi connectivity index (χ3v) is 4.91. The van der Waals surface area contributed by atoms with Gasteiger partial charge in [0.05, 0.1) is 0 Å². The first-order valence-corrected chi connectivity index (χ1v) is 9.29. The Labute approximate surface area is 165 Å². The number of ketones is 1. The summed E-state index contributed by atoms with van der Waals surface area (Å²) in [6, 6.07) is 29.7. The molecule has 2 nitrogen and oxygen atoms in total. The number of hydrogen-bond acceptors (Lipinski definition) is 2. The Kier molecular flexibility index (Phi) is 4.77. The predicted octanol–water partition coefficient (Wildman–Crippen LogP) is 6.12. The lowest BCUT2D eigenvalue weighted by atomic mass is 9.95. The highest BCUT2D eigenvalue weighted by atomic mass is 16.1. The number of allylic oxidation sites excluding steroid dienone is 5. The monoisotopic (exact) mass is 363 g/mol. The lowest BCUT2D eigenvalue weighted by Gasteiger charge is -2.11. The molecular formula is C26H21NO. The average molecular weight is 363 g/mol. The molecule has 3 aromatic carbocycles. The number of nitrogens with one attached hydrogen (secondary N) is 1. The summed E-state index contributed by atoms with van der Waals surface area (Å²) in [6.45, 7) is 6.24. The summed E-state index contributed by atoms with van der Waals surface area (Å²) >= 11 is 0. The molecule has 0 unspecified atom stereocenters. The van der Waals surface area contributed by atoms with E-state index in [9.17, 15) is 4.79 Å². The first-order valence-electron chi connectivity index (χ1n) is 9.29. The standard InChI is InChI=1S/C26H21NO/c1-18-23(19(2)27-22-16-10-5-11-17-22)26(28)25(21-14-8-4-9-15-21)24(18)20-12-6-3-7-13-20/h3-17,27H,1H2,2H3/b23-19-. The second-order valence-corrected chi connectivity index (χ2v) is 6.78. The Bertz CT molecular complexity index is 1030. The fourth-order valence-electron chi connectivity index (χ4n) is 3.65. The Morgan fingerprint density at radius 1 is 0.714 bits per heavy atom. The van der Waals surface area contributed by atoms with E-state index in [0.717, 1.165) is 33.7 Å². The van der Waals surface area contributed by atoms with Crippen molar-refractivity contribution in [2.45, 2.75) is 6.92 Å². The van der Waals surface area contributed by atoms with Gasteiger partial charge in [0.1, 0.15) is 0 Å². The van der Waals surface area contributed by atoms with E-state index in [1.54, 1.807) is 0 Å². The van der Waals surface area contributed by atoms with Crippen molar-refractivity contribution in [1.82, 2.24) is 0 Å². The average Bonchev–Trinajstić information content (AvgIpc) is 3.00. The van der Waals surface area contributed by atoms with E-state index in [1.165, 1.54) is 0 Å². The summed E-state index contributed by atoms with van der Waals surface area (Å²) < 4.78 is 0. The van der Waals surface area contributed by atoms with Crippen LogP contribution in [0, 0.1) is 0 Å². The van der Waals surface area contributed by atoms with Gasteiger partial charge in [-0.1, -0.05) is 85.4 Å². The van der Waals surface area contributed by atoms with E-state index in [-0.39, 0.29) is 5.78 Å². The highest BCUT2D eigenvalue weighted by molar-refractivity contribution is 6.43. The molecule has 1 aliphatic carbocycles. The second-order valence-electron chi connectivity index (χ2n) is 6.78. The normalized spacial score (nSPS) is 15.8. The van der Waals surface area contributed by atoms with E-state index in [2.05, 4.69) is 11.9 Å². The molecule has 0 aliphatic heterocycles. The second kappa shape index (κ2) is 7.53. The van der Waals surface area contributed by atoms with Crippen LogP contribution in [-0.2, 0) is 4.79 Å². The van der Waals surface area contributed by atoms with Crippen molar-refractivity contribution in [3.05, 3.63) is 126 Å². The van der Waals surface area contributed by atoms with Crippen molar-refractivity contribution in [2.24, 2.45) is 0 Å². The third-order valence-electron chi connectivity index (χ3n) is 4.91. The van der Waals surface area contributed by atoms with Crippen molar-refractivity contribution < 1.29 is 4.79 Å². The molecule has 0 spiro atoms. The number of carbonyl (C=O) groups is 1. The summed E-state index contributed by atoms with van der Waals surface area (Å²) in [5.74, 6) is 0.0102. The topological polar surface area (TPSA) is 29.1 Å². The fourth-order valence-corrected chi connectivity index (χ4v) is 3.65. The van der Waals surface area contributed by atoms with Crippen LogP contribution in [0.5, 0.6) is 0 Å². The number of carbonyl (C=O) groups excluding carboxylic acids is 1. The molecular weight excluding hydrogens is 342 g/mol. The Morgan fingerprint density at radius 3 is 1.71 bits per heavy atom. The number of anilines is 1. The number of Topliss-reactive ketones (excluding diaryl/α,β-unsaturated/α-hetero) is 1. The minimum Gasteiger partial charge on any atom is -0.359 e. The van der Waals surface area contributed by atoms with Crippen LogP contribution in [0.2, 0.25) is 0 Å². The molecule has 1 aliphatic rings. The lowest BCUT2D eigenvalue weighted by molar-refractivity contribution is -0.110. The molecule has 0 amide bonds. The molecule has 0 aromatic heterocycles. The summed E-state index contributed by atoms with van der Waals surface area (Å²) in [5.41, 5.74) is 6.68. The molecule has 0 atom stereocenters. The van der Waals surface area contributed by atoms with Gasteiger partial charge in [-0.2, -0.15) is 0 Å². The van der Waals surface area contributed by atoms with E-state index < -0.39 is 0 Å². The maximum atomic E-state index is 13.5. The van der Waals surface area contributed by atoms with Crippen LogP contribution in [0.25, 0.3) is 11.1 Å². The number of para-hydroxylation sites is 1. The highest BCUT2D eigenvalue weighted by Gasteiger charge is 2.34. The number of hydrogen-bond donors (Lipinski definition) is 1. The van der Waals surface area contributed by atoms with Crippen molar-refractivity contribution in [3.8, 4) is 0 Å². The van der Waals surface area contributed by atoms with Crippen LogP contribution in [0.3, 0.4) is 0 Å². The van der Waals surface area contributed by atoms with Crippen LogP contribution in [-0.4, -0.2) is 5.78 Å². The van der Waals surface area contributed by atoms with Gasteiger partial charge in [-0.15, -0.1) is 0 Å². The van der Waals surface area contributed by atoms with Gasteiger partial charge >= 0.3 is 0 Å². The summed E-state index contributed by atoms with van der Waals surface area (Å²) in [6.07, 6.45) is 0. The van der Waals surface area contributed by atoms with Crippen molar-refractivity contribution in [2.75, 3.05) is 5.32 Å². The molecule has 28 heavy (non-hydrogen) atoms. The van der Waals surface area contributed by atoms with Crippen molar-refractivity contribution in [1.29, 1.82) is 0 Å². The molecule has 0 fully saturated rings. The van der Waals surface area contributed by atoms with Crippen LogP contribution >= 0.6 is 0 Å². The molecule has 1 N–H and O–H groups in total. The first-order chi connectivity index (χ1) is 13.7. The molecule has 0 heterocycles. The SMILES string of the molecule is C=C1C(c2ccccc2)=C(c2ccccc2)C(=O)/C1=C(/C)Nc1ccccc1. The van der Waals surface area contributed by atoms with Gasteiger partial charge in [0.2, 0.25) is 0 Å². The van der Waals surface area contributed by atoms with Crippen molar-refractivity contribution >= 4 is 22.6 Å². The zero-order chi connectivity index (χ0) is 19.5. The minimum absolute atomic E-state index is 0.0102. The van der Waals surface area contributed by atoms with Gasteiger partial charge in [-0.3, -0.25) is 4.79 Å². The third kappa shape index (κ3) is 3.21. The molecule has 2 heteroatoms. The molecule has 3 aromatic rings. The van der Waals surface area contributed by atoms with Gasteiger partial charge in [0.15, 0.2) is 5.78 Å². The smallest absolute Gasteiger partial charge is 0.196 e. The van der Waals surface area contributed by atoms with Crippen LogP contribution in [0.1, 0.15) is 18.1 Å². The van der Waals surface area contributed by atoms with E-state index in [0.29, 0.717) is 11.1 Å². The number of benzene rings is 3. The van der Waals surface area contributed by atoms with Gasteiger partial charge in [-0.25, -0.2) is 0 Å². The predicted molar refractivity (Wildman–Crippen MR) is 117 cm³/mol. The molecule has 0 bridgehead atoms. The van der Waals surface area contributed by atoms with Crippen LogP contribution in [0.15, 0.2) is 114 Å². The minimum atomic E-state index is 0.0102. The van der Waals surface area contributed by atoms with E-state index in [1.807, 2.05) is 97.9 Å². The molecule has 0 radical (unpaired) electrons. The van der Waals surface area contributed by atoms with Crippen LogP contribution < -0.4 is 5.32 Å². The Balaban J connectivity index is 1.86. The van der Waals surface area contributed by atoms with Gasteiger partial charge in [0, 0.05) is 28.1 Å². The zero-order valence-corrected chi connectivity index (χ0v) is 15.8. The summed E-state index contributed by atoms with van der Waals surface area (Å²) in [4.78, 5) is 13.5. The lowest BCUT2D eigenvalue weighted by Crippen LogP contribution is -2.07. The Morgan fingerprint density at radius 2 is 1.18 bits per heavy atom. The maximum Gasteiger partial charge on any atom is 0.196 e. The van der Waals surface area contributed by atoms with E-state index in [4.69, 9.17) is 0 Å². The highest BCUT2D eigenvalue weighted by Crippen LogP contribution is 2.44.